The van der Waals surface area contributed by atoms with E-state index in [2.05, 4.69) is 15.9 Å². The normalized spacial score (nSPS) is 12.5. The second-order valence-electron chi connectivity index (χ2n) is 2.95. The zero-order valence-electron chi connectivity index (χ0n) is 7.26. The fraction of sp³-hybridized carbons (Fsp3) is 0.300. The third-order valence-corrected chi connectivity index (χ3v) is 2.77. The van der Waals surface area contributed by atoms with Crippen molar-refractivity contribution in [2.24, 2.45) is 0 Å². The molecule has 1 aromatic rings. The molecule has 0 aromatic heterocycles. The average Bonchev–Trinajstić information content (AvgIpc) is 2.09. The lowest BCUT2D eigenvalue weighted by Gasteiger charge is -2.05. The van der Waals surface area contributed by atoms with Gasteiger partial charge in [0.25, 0.3) is 0 Å². The molecule has 0 saturated carbocycles. The second-order valence-corrected chi connectivity index (χ2v) is 4.37. The lowest BCUT2D eigenvalue weighted by Crippen LogP contribution is -2.04. The van der Waals surface area contributed by atoms with Crippen molar-refractivity contribution in [2.45, 2.75) is 18.7 Å². The first kappa shape index (κ1) is 10.7. The van der Waals surface area contributed by atoms with Gasteiger partial charge in [-0.2, -0.15) is 0 Å². The summed E-state index contributed by atoms with van der Waals surface area (Å²) in [7, 11) is 0. The summed E-state index contributed by atoms with van der Waals surface area (Å²) >= 11 is 9.15. The quantitative estimate of drug-likeness (QED) is 0.603. The molecular formula is C10H10BrClO. The molecule has 0 spiro atoms. The van der Waals surface area contributed by atoms with Crippen LogP contribution in [0, 0.1) is 6.92 Å². The predicted molar refractivity (Wildman–Crippen MR) is 58.3 cm³/mol. The molecule has 0 saturated heterocycles. The smallest absolute Gasteiger partial charge is 0.138 e. The van der Waals surface area contributed by atoms with Crippen molar-refractivity contribution in [1.82, 2.24) is 0 Å². The molecule has 0 fully saturated rings. The number of carbonyl (C=O) groups is 1. The molecule has 0 N–H and O–H groups in total. The van der Waals surface area contributed by atoms with Gasteiger partial charge in [-0.05, 0) is 30.5 Å². The van der Waals surface area contributed by atoms with E-state index in [0.29, 0.717) is 6.42 Å². The van der Waals surface area contributed by atoms with Crippen LogP contribution in [-0.4, -0.2) is 11.7 Å². The minimum absolute atomic E-state index is 0.431. The summed E-state index contributed by atoms with van der Waals surface area (Å²) in [4.78, 5) is 10.3. The number of aryl methyl sites for hydroxylation is 1. The van der Waals surface area contributed by atoms with Gasteiger partial charge in [0.1, 0.15) is 6.29 Å². The number of benzene rings is 1. The highest BCUT2D eigenvalue weighted by Crippen LogP contribution is 2.20. The first-order valence-electron chi connectivity index (χ1n) is 3.98. The highest BCUT2D eigenvalue weighted by Gasteiger charge is 2.06. The Labute approximate surface area is 91.2 Å². The van der Waals surface area contributed by atoms with Crippen LogP contribution >= 0.6 is 27.5 Å². The molecule has 1 nitrogen and oxygen atoms in total. The number of hydrogen-bond donors (Lipinski definition) is 0. The summed E-state index contributed by atoms with van der Waals surface area (Å²) in [5, 5.41) is -0.431. The highest BCUT2D eigenvalue weighted by molar-refractivity contribution is 9.10. The van der Waals surface area contributed by atoms with E-state index in [1.54, 1.807) is 0 Å². The standard InChI is InChI=1S/C10H10BrClO/c1-7-2-3-8(10(11)4-7)5-9(12)6-13/h2-4,6,9H,5H2,1H3. The van der Waals surface area contributed by atoms with Gasteiger partial charge in [-0.1, -0.05) is 28.1 Å². The Morgan fingerprint density at radius 1 is 1.62 bits per heavy atom. The lowest BCUT2D eigenvalue weighted by atomic mass is 10.1. The van der Waals surface area contributed by atoms with Gasteiger partial charge in [0.05, 0.1) is 5.38 Å². The van der Waals surface area contributed by atoms with Crippen LogP contribution in [0.2, 0.25) is 0 Å². The number of aldehydes is 1. The van der Waals surface area contributed by atoms with Crippen LogP contribution in [0.5, 0.6) is 0 Å². The molecule has 1 atom stereocenters. The molecule has 0 radical (unpaired) electrons. The summed E-state index contributed by atoms with van der Waals surface area (Å²) in [5.41, 5.74) is 2.26. The predicted octanol–water partition coefficient (Wildman–Crippen LogP) is 3.11. The lowest BCUT2D eigenvalue weighted by molar-refractivity contribution is -0.107. The van der Waals surface area contributed by atoms with Crippen molar-refractivity contribution in [3.05, 3.63) is 33.8 Å². The van der Waals surface area contributed by atoms with Gasteiger partial charge in [-0.25, -0.2) is 0 Å². The number of hydrogen-bond acceptors (Lipinski definition) is 1. The number of halogens is 2. The number of rotatable bonds is 3. The Kier molecular flexibility index (Phi) is 3.94. The molecule has 1 rings (SSSR count). The summed E-state index contributed by atoms with van der Waals surface area (Å²) in [6, 6.07) is 6.01. The van der Waals surface area contributed by atoms with E-state index in [-0.39, 0.29) is 0 Å². The zero-order valence-corrected chi connectivity index (χ0v) is 9.60. The molecule has 3 heteroatoms. The molecule has 0 heterocycles. The second kappa shape index (κ2) is 4.77. The number of carbonyl (C=O) groups excluding carboxylic acids is 1. The van der Waals surface area contributed by atoms with Crippen LogP contribution in [0.15, 0.2) is 22.7 Å². The maximum Gasteiger partial charge on any atom is 0.138 e. The van der Waals surface area contributed by atoms with E-state index in [4.69, 9.17) is 11.6 Å². The molecule has 70 valence electrons. The Bertz CT molecular complexity index is 312. The Balaban J connectivity index is 2.83. The topological polar surface area (TPSA) is 17.1 Å². The van der Waals surface area contributed by atoms with Crippen LogP contribution in [0.25, 0.3) is 0 Å². The van der Waals surface area contributed by atoms with E-state index < -0.39 is 5.38 Å². The van der Waals surface area contributed by atoms with E-state index in [1.807, 2.05) is 25.1 Å². The summed E-state index contributed by atoms with van der Waals surface area (Å²) < 4.78 is 1.01. The SMILES string of the molecule is Cc1ccc(CC(Cl)C=O)c(Br)c1. The van der Waals surface area contributed by atoms with Crippen LogP contribution < -0.4 is 0 Å². The van der Waals surface area contributed by atoms with Crippen molar-refractivity contribution in [2.75, 3.05) is 0 Å². The first-order valence-corrected chi connectivity index (χ1v) is 5.21. The summed E-state index contributed by atoms with van der Waals surface area (Å²) in [5.74, 6) is 0. The third kappa shape index (κ3) is 3.12. The number of alkyl halides is 1. The van der Waals surface area contributed by atoms with Gasteiger partial charge in [-0.3, -0.25) is 0 Å². The monoisotopic (exact) mass is 260 g/mol. The molecule has 1 aromatic carbocycles. The fourth-order valence-corrected chi connectivity index (χ4v) is 1.90. The van der Waals surface area contributed by atoms with Crippen LogP contribution in [0.1, 0.15) is 11.1 Å². The largest absolute Gasteiger partial charge is 0.302 e. The van der Waals surface area contributed by atoms with Crippen LogP contribution in [0.4, 0.5) is 0 Å². The van der Waals surface area contributed by atoms with Crippen LogP contribution in [0.3, 0.4) is 0 Å². The Hall–Kier alpha value is -0.340. The van der Waals surface area contributed by atoms with Crippen molar-refractivity contribution in [3.8, 4) is 0 Å². The molecule has 0 aliphatic heterocycles. The van der Waals surface area contributed by atoms with E-state index >= 15 is 0 Å². The van der Waals surface area contributed by atoms with Crippen molar-refractivity contribution in [1.29, 1.82) is 0 Å². The Morgan fingerprint density at radius 2 is 2.31 bits per heavy atom. The van der Waals surface area contributed by atoms with E-state index in [1.165, 1.54) is 5.56 Å². The molecule has 13 heavy (non-hydrogen) atoms. The van der Waals surface area contributed by atoms with Gasteiger partial charge < -0.3 is 4.79 Å². The molecule has 1 unspecified atom stereocenters. The zero-order chi connectivity index (χ0) is 9.84. The van der Waals surface area contributed by atoms with Gasteiger partial charge in [-0.15, -0.1) is 11.6 Å². The molecule has 0 aliphatic rings. The molecule has 0 amide bonds. The van der Waals surface area contributed by atoms with E-state index in [0.717, 1.165) is 16.3 Å². The minimum atomic E-state index is -0.431. The van der Waals surface area contributed by atoms with Gasteiger partial charge in [0.2, 0.25) is 0 Å². The summed E-state index contributed by atoms with van der Waals surface area (Å²) in [6.07, 6.45) is 1.33. The average molecular weight is 262 g/mol. The minimum Gasteiger partial charge on any atom is -0.302 e. The van der Waals surface area contributed by atoms with Crippen molar-refractivity contribution < 1.29 is 4.79 Å². The fourth-order valence-electron chi connectivity index (χ4n) is 1.08. The van der Waals surface area contributed by atoms with Gasteiger partial charge in [0.15, 0.2) is 0 Å². The van der Waals surface area contributed by atoms with Gasteiger partial charge in [0, 0.05) is 4.47 Å². The van der Waals surface area contributed by atoms with Gasteiger partial charge >= 0.3 is 0 Å². The third-order valence-electron chi connectivity index (χ3n) is 1.77. The summed E-state index contributed by atoms with van der Waals surface area (Å²) in [6.45, 7) is 2.02. The maximum atomic E-state index is 10.3. The molecule has 0 aliphatic carbocycles. The van der Waals surface area contributed by atoms with Crippen molar-refractivity contribution in [3.63, 3.8) is 0 Å². The maximum absolute atomic E-state index is 10.3. The molecule has 0 bridgehead atoms. The van der Waals surface area contributed by atoms with E-state index in [9.17, 15) is 4.79 Å². The van der Waals surface area contributed by atoms with Crippen molar-refractivity contribution >= 4 is 33.8 Å². The first-order chi connectivity index (χ1) is 6.13. The van der Waals surface area contributed by atoms with Crippen LogP contribution in [-0.2, 0) is 11.2 Å². The molecular weight excluding hydrogens is 251 g/mol. The highest BCUT2D eigenvalue weighted by atomic mass is 79.9. The Morgan fingerprint density at radius 3 is 2.85 bits per heavy atom.